The number of carbonyl (C=O) groups is 2. The van der Waals surface area contributed by atoms with Crippen LogP contribution in [-0.4, -0.2) is 33.9 Å². The van der Waals surface area contributed by atoms with Gasteiger partial charge in [0.1, 0.15) is 6.54 Å². The molecule has 0 N–H and O–H groups in total. The van der Waals surface area contributed by atoms with E-state index in [0.29, 0.717) is 0 Å². The lowest BCUT2D eigenvalue weighted by molar-refractivity contribution is -0.116. The zero-order valence-electron chi connectivity index (χ0n) is 15.8. The molecule has 0 bridgehead atoms. The average molecular weight is 431 g/mol. The number of pyridine rings is 1. The molecule has 2 heterocycles. The number of amides is 3. The van der Waals surface area contributed by atoms with Crippen molar-refractivity contribution in [1.29, 1.82) is 0 Å². The van der Waals surface area contributed by atoms with Crippen LogP contribution in [0.25, 0.3) is 10.9 Å². The summed E-state index contributed by atoms with van der Waals surface area (Å²) in [6.07, 6.45) is 1.66. The van der Waals surface area contributed by atoms with Crippen molar-refractivity contribution >= 4 is 40.3 Å². The number of nitrogens with zero attached hydrogens (tertiary/aromatic N) is 3. The smallest absolute Gasteiger partial charge is 0.310 e. The second-order valence-corrected chi connectivity index (χ2v) is 7.99. The first-order chi connectivity index (χ1) is 14.2. The van der Waals surface area contributed by atoms with Gasteiger partial charge in [0.05, 0.1) is 11.2 Å². The van der Waals surface area contributed by atoms with Crippen molar-refractivity contribution in [3.63, 3.8) is 0 Å². The highest BCUT2D eigenvalue weighted by Gasteiger charge is 2.37. The zero-order valence-corrected chi connectivity index (χ0v) is 16.6. The van der Waals surface area contributed by atoms with Crippen molar-refractivity contribution in [2.24, 2.45) is 0 Å². The lowest BCUT2D eigenvalue weighted by Gasteiger charge is -2.18. The van der Waals surface area contributed by atoms with E-state index in [1.54, 1.807) is 6.20 Å². The summed E-state index contributed by atoms with van der Waals surface area (Å²) in [7, 11) is 0. The van der Waals surface area contributed by atoms with E-state index in [4.69, 9.17) is 0 Å². The molecule has 1 fully saturated rings. The number of rotatable bonds is 4. The molecule has 0 atom stereocenters. The van der Waals surface area contributed by atoms with E-state index in [1.807, 2.05) is 31.2 Å². The third-order valence-electron chi connectivity index (χ3n) is 4.79. The van der Waals surface area contributed by atoms with Crippen LogP contribution in [0, 0.1) is 6.92 Å². The molecule has 1 aliphatic rings. The SMILES string of the molecule is Cc1cccc2nccc(CN3CC(=O)N(c4ccc(SC(F)(F)F)cc4)C3=O)c12. The maximum atomic E-state index is 12.9. The molecule has 1 saturated heterocycles. The number of halogens is 3. The summed E-state index contributed by atoms with van der Waals surface area (Å²) in [5.74, 6) is -0.425. The van der Waals surface area contributed by atoms with E-state index in [2.05, 4.69) is 4.98 Å². The van der Waals surface area contributed by atoms with E-state index in [0.717, 1.165) is 26.9 Å². The fraction of sp³-hybridized carbons (Fsp3) is 0.190. The van der Waals surface area contributed by atoms with Crippen LogP contribution in [0.5, 0.6) is 0 Å². The summed E-state index contributed by atoms with van der Waals surface area (Å²) < 4.78 is 37.5. The Morgan fingerprint density at radius 3 is 2.50 bits per heavy atom. The van der Waals surface area contributed by atoms with Crippen molar-refractivity contribution in [3.8, 4) is 0 Å². The van der Waals surface area contributed by atoms with E-state index < -0.39 is 17.4 Å². The maximum absolute atomic E-state index is 12.9. The Morgan fingerprint density at radius 1 is 1.07 bits per heavy atom. The third kappa shape index (κ3) is 3.97. The van der Waals surface area contributed by atoms with Gasteiger partial charge in [0.2, 0.25) is 0 Å². The number of benzene rings is 2. The molecule has 0 radical (unpaired) electrons. The number of alkyl halides is 3. The van der Waals surface area contributed by atoms with Crippen molar-refractivity contribution in [3.05, 3.63) is 65.9 Å². The average Bonchev–Trinajstić information content (AvgIpc) is 2.95. The Bertz CT molecular complexity index is 1130. The lowest BCUT2D eigenvalue weighted by atomic mass is 10.0. The number of fused-ring (bicyclic) bond motifs is 1. The van der Waals surface area contributed by atoms with E-state index in [1.165, 1.54) is 29.2 Å². The van der Waals surface area contributed by atoms with Gasteiger partial charge in [-0.25, -0.2) is 9.69 Å². The summed E-state index contributed by atoms with van der Waals surface area (Å²) in [6.45, 7) is 2.08. The van der Waals surface area contributed by atoms with Crippen LogP contribution in [0.2, 0.25) is 0 Å². The first-order valence-corrected chi connectivity index (χ1v) is 9.85. The minimum atomic E-state index is -4.40. The highest BCUT2D eigenvalue weighted by Crippen LogP contribution is 2.37. The van der Waals surface area contributed by atoms with Gasteiger partial charge in [-0.2, -0.15) is 13.2 Å². The molecular formula is C21H16F3N3O2S. The summed E-state index contributed by atoms with van der Waals surface area (Å²) in [5.41, 5.74) is -1.46. The number of anilines is 1. The van der Waals surface area contributed by atoms with Gasteiger partial charge in [-0.15, -0.1) is 0 Å². The molecule has 3 aromatic rings. The predicted octanol–water partition coefficient (Wildman–Crippen LogP) is 5.12. The van der Waals surface area contributed by atoms with Crippen LogP contribution in [0.4, 0.5) is 23.7 Å². The molecule has 4 rings (SSSR count). The van der Waals surface area contributed by atoms with Crippen LogP contribution >= 0.6 is 11.8 Å². The van der Waals surface area contributed by atoms with Crippen molar-refractivity contribution < 1.29 is 22.8 Å². The van der Waals surface area contributed by atoms with Gasteiger partial charge in [0.25, 0.3) is 5.91 Å². The highest BCUT2D eigenvalue weighted by molar-refractivity contribution is 8.00. The standard InChI is InChI=1S/C21H16F3N3O2S/c1-13-3-2-4-17-19(13)14(9-10-25-17)11-26-12-18(28)27(20(26)29)15-5-7-16(8-6-15)30-21(22,23)24/h2-10H,11-12H2,1H3. The Morgan fingerprint density at radius 2 is 1.80 bits per heavy atom. The summed E-state index contributed by atoms with van der Waals surface area (Å²) in [6, 6.07) is 12.2. The Kier molecular flexibility index (Phi) is 5.15. The molecule has 0 unspecified atom stereocenters. The number of carbonyl (C=O) groups excluding carboxylic acids is 2. The minimum absolute atomic E-state index is 0.0130. The van der Waals surface area contributed by atoms with Gasteiger partial charge >= 0.3 is 11.5 Å². The van der Waals surface area contributed by atoms with Crippen LogP contribution < -0.4 is 4.90 Å². The first-order valence-electron chi connectivity index (χ1n) is 9.04. The van der Waals surface area contributed by atoms with Gasteiger partial charge in [-0.3, -0.25) is 9.78 Å². The Labute approximate surface area is 174 Å². The van der Waals surface area contributed by atoms with Crippen LogP contribution in [-0.2, 0) is 11.3 Å². The van der Waals surface area contributed by atoms with Gasteiger partial charge in [0, 0.05) is 23.0 Å². The summed E-state index contributed by atoms with van der Waals surface area (Å²) in [4.78, 5) is 32.1. The quantitative estimate of drug-likeness (QED) is 0.425. The minimum Gasteiger partial charge on any atom is -0.310 e. The molecule has 0 spiro atoms. The molecule has 154 valence electrons. The molecule has 5 nitrogen and oxygen atoms in total. The van der Waals surface area contributed by atoms with Crippen molar-refractivity contribution in [2.45, 2.75) is 23.9 Å². The lowest BCUT2D eigenvalue weighted by Crippen LogP contribution is -2.32. The van der Waals surface area contributed by atoms with Crippen molar-refractivity contribution in [1.82, 2.24) is 9.88 Å². The molecular weight excluding hydrogens is 415 g/mol. The fourth-order valence-corrected chi connectivity index (χ4v) is 4.07. The van der Waals surface area contributed by atoms with Gasteiger partial charge in [0.15, 0.2) is 0 Å². The van der Waals surface area contributed by atoms with E-state index >= 15 is 0 Å². The molecule has 1 aromatic heterocycles. The van der Waals surface area contributed by atoms with Crippen LogP contribution in [0.3, 0.4) is 0 Å². The molecule has 2 aromatic carbocycles. The van der Waals surface area contributed by atoms with Gasteiger partial charge in [-0.1, -0.05) is 12.1 Å². The van der Waals surface area contributed by atoms with E-state index in [9.17, 15) is 22.8 Å². The van der Waals surface area contributed by atoms with Crippen LogP contribution in [0.15, 0.2) is 59.6 Å². The Hall–Kier alpha value is -3.07. The number of urea groups is 1. The number of hydrogen-bond donors (Lipinski definition) is 0. The molecule has 9 heteroatoms. The highest BCUT2D eigenvalue weighted by atomic mass is 32.2. The van der Waals surface area contributed by atoms with E-state index in [-0.39, 0.29) is 35.4 Å². The normalized spacial score (nSPS) is 14.8. The molecule has 30 heavy (non-hydrogen) atoms. The first kappa shape index (κ1) is 20.2. The number of aryl methyl sites for hydroxylation is 1. The summed E-state index contributed by atoms with van der Waals surface area (Å²) in [5, 5.41) is 0.937. The summed E-state index contributed by atoms with van der Waals surface area (Å²) >= 11 is -0.246. The second-order valence-electron chi connectivity index (χ2n) is 6.85. The number of aromatic nitrogens is 1. The number of thioether (sulfide) groups is 1. The maximum Gasteiger partial charge on any atom is 0.446 e. The van der Waals surface area contributed by atoms with Gasteiger partial charge < -0.3 is 4.90 Å². The molecule has 3 amide bonds. The third-order valence-corrected chi connectivity index (χ3v) is 5.53. The number of hydrogen-bond acceptors (Lipinski definition) is 4. The predicted molar refractivity (Wildman–Crippen MR) is 108 cm³/mol. The second kappa shape index (κ2) is 7.64. The van der Waals surface area contributed by atoms with Crippen molar-refractivity contribution in [2.75, 3.05) is 11.4 Å². The number of imide groups is 1. The largest absolute Gasteiger partial charge is 0.446 e. The van der Waals surface area contributed by atoms with Crippen LogP contribution in [0.1, 0.15) is 11.1 Å². The molecule has 0 aliphatic carbocycles. The monoisotopic (exact) mass is 431 g/mol. The zero-order chi connectivity index (χ0) is 21.5. The Balaban J connectivity index is 1.57. The fourth-order valence-electron chi connectivity index (χ4n) is 3.53. The topological polar surface area (TPSA) is 53.5 Å². The molecule has 1 aliphatic heterocycles. The molecule has 0 saturated carbocycles. The van der Waals surface area contributed by atoms with Gasteiger partial charge in [-0.05, 0) is 66.2 Å².